The summed E-state index contributed by atoms with van der Waals surface area (Å²) in [6.45, 7) is 16.8. The van der Waals surface area contributed by atoms with Crippen molar-refractivity contribution in [2.24, 2.45) is 17.3 Å². The standard InChI is InChI=1S/C49H65N5O10/c1-8-54(39-12-10-9-11-13-39)26-27-61-45(56)50-37-20-14-34(5)43(30-37)53-48(59)64-41-24-18-36(19-25-41)49(6,7)35-16-22-40(23-17-35)63-47(58)51-38-21-15-33(4)42(31-38)52-46(57)62-29-28-60-44(55)32(2)3/h9-15,20-21,30-31,35-36,40-41H,2,8,16-19,22-29H2,1,3-7H3,(H,50,56)(H,51,58)(H,52,57)(H,53,59). The van der Waals surface area contributed by atoms with E-state index >= 15 is 0 Å². The Balaban J connectivity index is 0.992. The molecular weight excluding hydrogens is 819 g/mol. The maximum atomic E-state index is 13.1. The Morgan fingerprint density at radius 3 is 1.59 bits per heavy atom. The van der Waals surface area contributed by atoms with Crippen LogP contribution in [0.1, 0.15) is 90.2 Å². The average Bonchev–Trinajstić information content (AvgIpc) is 3.26. The normalized spacial score (nSPS) is 18.3. The number of hydrogen-bond acceptors (Lipinski definition) is 11. The molecule has 0 radical (unpaired) electrons. The van der Waals surface area contributed by atoms with Gasteiger partial charge in [0.1, 0.15) is 32.0 Å². The van der Waals surface area contributed by atoms with Crippen LogP contribution in [0.5, 0.6) is 0 Å². The number of para-hydroxylation sites is 1. The molecule has 2 aliphatic carbocycles. The Hall–Kier alpha value is -6.25. The van der Waals surface area contributed by atoms with Crippen LogP contribution < -0.4 is 26.2 Å². The zero-order valence-corrected chi connectivity index (χ0v) is 38.1. The molecule has 0 atom stereocenters. The van der Waals surface area contributed by atoms with Crippen LogP contribution in [0.25, 0.3) is 0 Å². The topological polar surface area (TPSA) is 183 Å². The first-order chi connectivity index (χ1) is 30.6. The van der Waals surface area contributed by atoms with Crippen molar-refractivity contribution < 1.29 is 47.7 Å². The van der Waals surface area contributed by atoms with Crippen molar-refractivity contribution in [3.63, 3.8) is 0 Å². The van der Waals surface area contributed by atoms with E-state index in [-0.39, 0.29) is 43.0 Å². The van der Waals surface area contributed by atoms with Crippen molar-refractivity contribution in [3.8, 4) is 0 Å². The summed E-state index contributed by atoms with van der Waals surface area (Å²) in [5, 5.41) is 11.1. The van der Waals surface area contributed by atoms with E-state index in [4.69, 9.17) is 23.7 Å². The summed E-state index contributed by atoms with van der Waals surface area (Å²) in [6.07, 6.45) is 4.07. The number of esters is 1. The molecule has 0 aliphatic heterocycles. The highest BCUT2D eigenvalue weighted by Crippen LogP contribution is 2.49. The molecule has 4 amide bonds. The summed E-state index contributed by atoms with van der Waals surface area (Å²) in [6, 6.07) is 20.4. The highest BCUT2D eigenvalue weighted by Gasteiger charge is 2.41. The number of nitrogens with zero attached hydrogens (tertiary/aromatic N) is 1. The fourth-order valence-electron chi connectivity index (χ4n) is 8.49. The van der Waals surface area contributed by atoms with E-state index in [0.29, 0.717) is 41.1 Å². The summed E-state index contributed by atoms with van der Waals surface area (Å²) < 4.78 is 27.2. The predicted octanol–water partition coefficient (Wildman–Crippen LogP) is 11.0. The Labute approximate surface area is 376 Å². The van der Waals surface area contributed by atoms with Crippen LogP contribution in [0.4, 0.5) is 47.6 Å². The van der Waals surface area contributed by atoms with Crippen molar-refractivity contribution in [1.29, 1.82) is 0 Å². The van der Waals surface area contributed by atoms with Crippen molar-refractivity contribution in [3.05, 3.63) is 90.0 Å². The summed E-state index contributed by atoms with van der Waals surface area (Å²) in [5.41, 5.74) is 4.93. The minimum Gasteiger partial charge on any atom is -0.459 e. The number of rotatable bonds is 17. The first-order valence-electron chi connectivity index (χ1n) is 22.3. The minimum absolute atomic E-state index is 0.0605. The third kappa shape index (κ3) is 14.7. The average molecular weight is 884 g/mol. The quantitative estimate of drug-likeness (QED) is 0.0438. The van der Waals surface area contributed by atoms with E-state index in [1.165, 1.54) is 6.92 Å². The molecule has 2 saturated carbocycles. The molecule has 0 bridgehead atoms. The summed E-state index contributed by atoms with van der Waals surface area (Å²) in [7, 11) is 0. The lowest BCUT2D eigenvalue weighted by Gasteiger charge is -2.46. The summed E-state index contributed by atoms with van der Waals surface area (Å²) in [5.74, 6) is 0.372. The molecule has 0 aromatic heterocycles. The number of carbonyl (C=O) groups is 5. The number of amides is 4. The van der Waals surface area contributed by atoms with Crippen LogP contribution in [-0.2, 0) is 28.5 Å². The zero-order valence-electron chi connectivity index (χ0n) is 38.1. The number of nitrogens with one attached hydrogen (secondary N) is 4. The van der Waals surface area contributed by atoms with Crippen molar-refractivity contribution >= 4 is 58.8 Å². The minimum atomic E-state index is -0.725. The van der Waals surface area contributed by atoms with Crippen LogP contribution in [-0.4, -0.2) is 75.5 Å². The second-order valence-electron chi connectivity index (χ2n) is 17.2. The monoisotopic (exact) mass is 883 g/mol. The van der Waals surface area contributed by atoms with Gasteiger partial charge in [0.25, 0.3) is 0 Å². The zero-order chi connectivity index (χ0) is 46.2. The largest absolute Gasteiger partial charge is 0.459 e. The van der Waals surface area contributed by atoms with Crippen LogP contribution in [0.3, 0.4) is 0 Å². The molecule has 5 rings (SSSR count). The fourth-order valence-corrected chi connectivity index (χ4v) is 8.49. The molecule has 4 N–H and O–H groups in total. The fraction of sp³-hybridized carbons (Fsp3) is 0.490. The van der Waals surface area contributed by atoms with Gasteiger partial charge in [-0.2, -0.15) is 0 Å². The number of ether oxygens (including phenoxy) is 5. The lowest BCUT2D eigenvalue weighted by atomic mass is 9.60. The van der Waals surface area contributed by atoms with Crippen LogP contribution in [0.2, 0.25) is 0 Å². The van der Waals surface area contributed by atoms with Gasteiger partial charge in [0, 0.05) is 40.6 Å². The van der Waals surface area contributed by atoms with Crippen LogP contribution >= 0.6 is 0 Å². The molecule has 0 heterocycles. The van der Waals surface area contributed by atoms with E-state index in [2.05, 4.69) is 53.5 Å². The van der Waals surface area contributed by atoms with Crippen molar-refractivity contribution in [2.75, 3.05) is 59.1 Å². The Morgan fingerprint density at radius 1 is 0.625 bits per heavy atom. The van der Waals surface area contributed by atoms with Gasteiger partial charge in [0.15, 0.2) is 0 Å². The molecule has 3 aromatic carbocycles. The number of likely N-dealkylation sites (N-methyl/N-ethyl adjacent to an activating group) is 1. The van der Waals surface area contributed by atoms with Gasteiger partial charge in [0.2, 0.25) is 0 Å². The maximum Gasteiger partial charge on any atom is 0.411 e. The molecule has 0 unspecified atom stereocenters. The molecule has 0 saturated heterocycles. The van der Waals surface area contributed by atoms with Gasteiger partial charge < -0.3 is 28.6 Å². The molecule has 2 aliphatic rings. The number of carbonyl (C=O) groups excluding carboxylic acids is 5. The molecule has 2 fully saturated rings. The van der Waals surface area contributed by atoms with Crippen molar-refractivity contribution in [2.45, 2.75) is 105 Å². The van der Waals surface area contributed by atoms with Crippen LogP contribution in [0.15, 0.2) is 78.9 Å². The maximum absolute atomic E-state index is 13.1. The smallest absolute Gasteiger partial charge is 0.411 e. The predicted molar refractivity (Wildman–Crippen MR) is 248 cm³/mol. The lowest BCUT2D eigenvalue weighted by molar-refractivity contribution is -0.139. The number of benzene rings is 3. The van der Waals surface area contributed by atoms with Gasteiger partial charge in [-0.15, -0.1) is 0 Å². The van der Waals surface area contributed by atoms with E-state index in [9.17, 15) is 24.0 Å². The first kappa shape index (κ1) is 48.8. The Kier molecular flexibility index (Phi) is 17.9. The number of aryl methyl sites for hydroxylation is 2. The van der Waals surface area contributed by atoms with Crippen molar-refractivity contribution in [1.82, 2.24) is 0 Å². The molecule has 3 aromatic rings. The van der Waals surface area contributed by atoms with Gasteiger partial charge in [-0.1, -0.05) is 50.8 Å². The first-order valence-corrected chi connectivity index (χ1v) is 22.3. The van der Waals surface area contributed by atoms with E-state index < -0.39 is 30.3 Å². The van der Waals surface area contributed by atoms with Gasteiger partial charge in [-0.25, -0.2) is 24.0 Å². The third-order valence-corrected chi connectivity index (χ3v) is 12.4. The summed E-state index contributed by atoms with van der Waals surface area (Å²) >= 11 is 0. The molecule has 346 valence electrons. The second-order valence-corrected chi connectivity index (χ2v) is 17.2. The van der Waals surface area contributed by atoms with Gasteiger partial charge >= 0.3 is 30.3 Å². The molecule has 64 heavy (non-hydrogen) atoms. The highest BCUT2D eigenvalue weighted by atomic mass is 16.6. The SMILES string of the molecule is C=C(C)C(=O)OCCOC(=O)Nc1cc(NC(=O)OC2CCC(C(C)(C)C3CCC(OC(=O)Nc4cc(NC(=O)OCCN(CC)c5ccccc5)ccc4C)CC3)CC2)ccc1C. The van der Waals surface area contributed by atoms with E-state index in [1.54, 1.807) is 30.3 Å². The number of hydrogen-bond donors (Lipinski definition) is 4. The van der Waals surface area contributed by atoms with Gasteiger partial charge in [-0.3, -0.25) is 21.3 Å². The summed E-state index contributed by atoms with van der Waals surface area (Å²) in [4.78, 5) is 64.5. The third-order valence-electron chi connectivity index (χ3n) is 12.4. The molecule has 15 nitrogen and oxygen atoms in total. The van der Waals surface area contributed by atoms with Crippen LogP contribution in [0, 0.1) is 31.1 Å². The molecule has 15 heteroatoms. The Morgan fingerprint density at radius 2 is 1.08 bits per heavy atom. The molecular formula is C49H65N5O10. The van der Waals surface area contributed by atoms with Gasteiger partial charge in [-0.05, 0) is 144 Å². The highest BCUT2D eigenvalue weighted by molar-refractivity contribution is 5.91. The second kappa shape index (κ2) is 23.4. The molecule has 0 spiro atoms. The van der Waals surface area contributed by atoms with E-state index in [0.717, 1.165) is 74.7 Å². The number of anilines is 5. The van der Waals surface area contributed by atoms with E-state index in [1.807, 2.05) is 50.2 Å². The lowest BCUT2D eigenvalue weighted by Crippen LogP contribution is -2.40. The Bertz CT molecular complexity index is 2080. The van der Waals surface area contributed by atoms with Gasteiger partial charge in [0.05, 0.1) is 6.54 Å².